The summed E-state index contributed by atoms with van der Waals surface area (Å²) >= 11 is 2.19. The van der Waals surface area contributed by atoms with E-state index in [0.717, 1.165) is 0 Å². The Hall–Kier alpha value is 0.140. The van der Waals surface area contributed by atoms with Gasteiger partial charge < -0.3 is 0 Å². The van der Waals surface area contributed by atoms with Crippen LogP contribution in [0.15, 0.2) is 15.2 Å². The molecule has 0 radical (unpaired) electrons. The molecule has 2 heteroatoms. The van der Waals surface area contributed by atoms with Gasteiger partial charge in [0.2, 0.25) is 0 Å². The summed E-state index contributed by atoms with van der Waals surface area (Å²) < 4.78 is 1.98. The molecule has 1 unspecified atom stereocenters. The third-order valence-electron chi connectivity index (χ3n) is 0.735. The van der Waals surface area contributed by atoms with Crippen LogP contribution in [0.1, 0.15) is 13.8 Å². The molecule has 0 heterocycles. The van der Waals surface area contributed by atoms with Crippen molar-refractivity contribution in [2.45, 2.75) is 19.9 Å². The molecule has 0 aromatic rings. The Morgan fingerprint density at radius 1 is 1.62 bits per heavy atom. The predicted molar refractivity (Wildman–Crippen MR) is 46.8 cm³/mol. The molecule has 46 valence electrons. The van der Waals surface area contributed by atoms with Crippen LogP contribution in [0.4, 0.5) is 0 Å². The van der Waals surface area contributed by atoms with Crippen LogP contribution in [-0.2, 0) is 0 Å². The largest absolute Gasteiger partial charge is 0.291 e. The Bertz CT molecular complexity index is 84.7. The lowest BCUT2D eigenvalue weighted by Gasteiger charge is -1.92. The van der Waals surface area contributed by atoms with Crippen molar-refractivity contribution in [3.05, 3.63) is 10.2 Å². The molecule has 0 aromatic carbocycles. The van der Waals surface area contributed by atoms with Gasteiger partial charge in [-0.1, -0.05) is 28.7 Å². The van der Waals surface area contributed by atoms with Gasteiger partial charge in [-0.05, 0) is 24.1 Å². The minimum Gasteiger partial charge on any atom is -0.291 e. The highest BCUT2D eigenvalue weighted by Crippen LogP contribution is 1.93. The highest BCUT2D eigenvalue weighted by atomic mass is 127. The van der Waals surface area contributed by atoms with E-state index in [9.17, 15) is 0 Å². The van der Waals surface area contributed by atoms with Crippen LogP contribution in [0.25, 0.3) is 0 Å². The number of rotatable bonds is 2. The minimum absolute atomic E-state index is 0.344. The van der Waals surface area contributed by atoms with E-state index in [2.05, 4.69) is 34.5 Å². The quantitative estimate of drug-likeness (QED) is 0.503. The Morgan fingerprint density at radius 2 is 2.25 bits per heavy atom. The van der Waals surface area contributed by atoms with Gasteiger partial charge in [-0.15, -0.1) is 0 Å². The van der Waals surface area contributed by atoms with E-state index in [-0.39, 0.29) is 0 Å². The first kappa shape index (κ1) is 8.14. The van der Waals surface area contributed by atoms with E-state index in [0.29, 0.717) is 6.04 Å². The fraction of sp³-hybridized carbons (Fsp3) is 0.500. The summed E-state index contributed by atoms with van der Waals surface area (Å²) in [5.41, 5.74) is 0. The van der Waals surface area contributed by atoms with Gasteiger partial charge in [0.25, 0.3) is 0 Å². The second kappa shape index (κ2) is 5.28. The molecule has 0 N–H and O–H groups in total. The molecule has 0 aliphatic heterocycles. The molecule has 0 saturated heterocycles. The fourth-order valence-corrected chi connectivity index (χ4v) is 0.991. The molecule has 8 heavy (non-hydrogen) atoms. The molecular weight excluding hydrogens is 213 g/mol. The van der Waals surface area contributed by atoms with Gasteiger partial charge in [-0.25, -0.2) is 0 Å². The van der Waals surface area contributed by atoms with E-state index in [4.69, 9.17) is 0 Å². The molecule has 0 rings (SSSR count). The van der Waals surface area contributed by atoms with E-state index in [1.54, 1.807) is 0 Å². The van der Waals surface area contributed by atoms with Crippen LogP contribution in [-0.4, -0.2) is 12.3 Å². The third kappa shape index (κ3) is 4.30. The van der Waals surface area contributed by atoms with E-state index in [1.165, 1.54) is 0 Å². The lowest BCUT2D eigenvalue weighted by molar-refractivity contribution is 0.934. The standard InChI is InChI=1S/C6H10IN/c1-3-8-6(2)4-5-7/h3-6H,1-2H3/b5-4-,8-3?. The van der Waals surface area contributed by atoms with Crippen LogP contribution in [0.3, 0.4) is 0 Å². The number of nitrogens with zero attached hydrogens (tertiary/aromatic N) is 1. The van der Waals surface area contributed by atoms with Crippen molar-refractivity contribution >= 4 is 28.8 Å². The van der Waals surface area contributed by atoms with Gasteiger partial charge in [0.15, 0.2) is 0 Å². The van der Waals surface area contributed by atoms with Crippen molar-refractivity contribution < 1.29 is 0 Å². The number of hydrogen-bond donors (Lipinski definition) is 0. The monoisotopic (exact) mass is 223 g/mol. The first-order valence-corrected chi connectivity index (χ1v) is 3.80. The Balaban J connectivity index is 3.47. The van der Waals surface area contributed by atoms with Gasteiger partial charge in [-0.2, -0.15) is 0 Å². The van der Waals surface area contributed by atoms with Gasteiger partial charge in [-0.3, -0.25) is 4.99 Å². The number of hydrogen-bond acceptors (Lipinski definition) is 1. The zero-order valence-corrected chi connectivity index (χ0v) is 7.29. The third-order valence-corrected chi connectivity index (χ3v) is 1.15. The minimum atomic E-state index is 0.344. The average Bonchev–Trinajstić information content (AvgIpc) is 1.68. The fourth-order valence-electron chi connectivity index (χ4n) is 0.390. The lowest BCUT2D eigenvalue weighted by Crippen LogP contribution is -1.89. The van der Waals surface area contributed by atoms with E-state index >= 15 is 0 Å². The summed E-state index contributed by atoms with van der Waals surface area (Å²) in [4.78, 5) is 4.10. The van der Waals surface area contributed by atoms with Crippen molar-refractivity contribution in [2.24, 2.45) is 4.99 Å². The van der Waals surface area contributed by atoms with Crippen molar-refractivity contribution in [1.82, 2.24) is 0 Å². The molecule has 0 saturated carbocycles. The molecule has 0 fully saturated rings. The molecule has 0 aliphatic rings. The van der Waals surface area contributed by atoms with Crippen molar-refractivity contribution in [3.63, 3.8) is 0 Å². The molecule has 0 spiro atoms. The maximum absolute atomic E-state index is 4.10. The van der Waals surface area contributed by atoms with Crippen LogP contribution >= 0.6 is 22.6 Å². The molecule has 0 amide bonds. The van der Waals surface area contributed by atoms with Gasteiger partial charge >= 0.3 is 0 Å². The summed E-state index contributed by atoms with van der Waals surface area (Å²) in [6, 6.07) is 0.344. The Kier molecular flexibility index (Phi) is 5.37. The first-order chi connectivity index (χ1) is 3.81. The zero-order chi connectivity index (χ0) is 6.41. The normalized spacial score (nSPS) is 15.9. The molecule has 0 bridgehead atoms. The summed E-state index contributed by atoms with van der Waals surface area (Å²) in [6.45, 7) is 3.98. The van der Waals surface area contributed by atoms with E-state index < -0.39 is 0 Å². The van der Waals surface area contributed by atoms with Crippen LogP contribution in [0, 0.1) is 0 Å². The Morgan fingerprint density at radius 3 is 2.62 bits per heavy atom. The predicted octanol–water partition coefficient (Wildman–Crippen LogP) is 2.41. The van der Waals surface area contributed by atoms with Crippen LogP contribution in [0.5, 0.6) is 0 Å². The summed E-state index contributed by atoms with van der Waals surface area (Å²) in [5.74, 6) is 0. The second-order valence-electron chi connectivity index (χ2n) is 1.47. The molecule has 0 aliphatic carbocycles. The van der Waals surface area contributed by atoms with Crippen LogP contribution in [0.2, 0.25) is 0 Å². The van der Waals surface area contributed by atoms with Crippen molar-refractivity contribution in [1.29, 1.82) is 0 Å². The highest BCUT2D eigenvalue weighted by molar-refractivity contribution is 14.1. The highest BCUT2D eigenvalue weighted by Gasteiger charge is 1.84. The van der Waals surface area contributed by atoms with Crippen molar-refractivity contribution in [2.75, 3.05) is 0 Å². The second-order valence-corrected chi connectivity index (χ2v) is 2.19. The Labute approximate surface area is 64.0 Å². The maximum Gasteiger partial charge on any atom is 0.0655 e. The molecule has 0 aromatic heterocycles. The van der Waals surface area contributed by atoms with E-state index in [1.807, 2.05) is 23.3 Å². The molecular formula is C6H10IN. The average molecular weight is 223 g/mol. The number of halogens is 1. The van der Waals surface area contributed by atoms with Gasteiger partial charge in [0.1, 0.15) is 0 Å². The maximum atomic E-state index is 4.10. The first-order valence-electron chi connectivity index (χ1n) is 2.56. The summed E-state index contributed by atoms with van der Waals surface area (Å²) in [6.07, 6.45) is 3.86. The van der Waals surface area contributed by atoms with Crippen LogP contribution < -0.4 is 0 Å². The zero-order valence-electron chi connectivity index (χ0n) is 5.13. The molecule has 1 atom stereocenters. The number of aliphatic imine (C=N–C) groups is 1. The SMILES string of the molecule is CC=NC(C)/C=C\I. The smallest absolute Gasteiger partial charge is 0.0655 e. The topological polar surface area (TPSA) is 12.4 Å². The summed E-state index contributed by atoms with van der Waals surface area (Å²) in [5, 5.41) is 0. The molecule has 1 nitrogen and oxygen atoms in total. The van der Waals surface area contributed by atoms with Gasteiger partial charge in [0.05, 0.1) is 6.04 Å². The summed E-state index contributed by atoms with van der Waals surface area (Å²) in [7, 11) is 0. The lowest BCUT2D eigenvalue weighted by atomic mass is 10.4. The van der Waals surface area contributed by atoms with Crippen molar-refractivity contribution in [3.8, 4) is 0 Å². The van der Waals surface area contributed by atoms with Gasteiger partial charge in [0, 0.05) is 0 Å².